The maximum Gasteiger partial charge on any atom is 0.411 e. The molecule has 1 heterocycles. The van der Waals surface area contributed by atoms with Crippen LogP contribution in [0, 0.1) is 23.2 Å². The molecule has 0 radical (unpaired) electrons. The fourth-order valence-electron chi connectivity index (χ4n) is 3.39. The molecule has 0 unspecified atom stereocenters. The molecule has 1 aliphatic carbocycles. The van der Waals surface area contributed by atoms with Crippen LogP contribution in [0.2, 0.25) is 0 Å². The minimum absolute atomic E-state index is 0.0633. The van der Waals surface area contributed by atoms with Gasteiger partial charge in [-0.15, -0.1) is 0 Å². The summed E-state index contributed by atoms with van der Waals surface area (Å²) in [5, 5.41) is 18.3. The van der Waals surface area contributed by atoms with Gasteiger partial charge in [-0.2, -0.15) is 10.2 Å². The smallest absolute Gasteiger partial charge is 0.411 e. The van der Waals surface area contributed by atoms with E-state index in [-0.39, 0.29) is 24.7 Å². The van der Waals surface area contributed by atoms with Crippen LogP contribution in [0.15, 0.2) is 42.6 Å². The highest BCUT2D eigenvalue weighted by molar-refractivity contribution is 5.86. The Hall–Kier alpha value is -4.96. The average molecular weight is 515 g/mol. The van der Waals surface area contributed by atoms with E-state index < -0.39 is 6.09 Å². The van der Waals surface area contributed by atoms with Gasteiger partial charge in [0.15, 0.2) is 11.5 Å². The van der Waals surface area contributed by atoms with Crippen LogP contribution < -0.4 is 25.8 Å². The lowest BCUT2D eigenvalue weighted by atomic mass is 10.0. The molecule has 1 aliphatic rings. The third kappa shape index (κ3) is 7.77. The summed E-state index contributed by atoms with van der Waals surface area (Å²) in [6.45, 7) is 0.0633. The van der Waals surface area contributed by atoms with Gasteiger partial charge in [0, 0.05) is 36.0 Å². The van der Waals surface area contributed by atoms with Crippen LogP contribution in [-0.4, -0.2) is 41.9 Å². The maximum absolute atomic E-state index is 11.6. The van der Waals surface area contributed by atoms with Crippen LogP contribution in [0.4, 0.5) is 22.2 Å². The van der Waals surface area contributed by atoms with Gasteiger partial charge in [-0.3, -0.25) is 4.90 Å². The van der Waals surface area contributed by atoms with Gasteiger partial charge in [-0.05, 0) is 35.9 Å². The molecule has 10 heteroatoms. The number of nitrogens with two attached hydrogens (primary N) is 2. The molecule has 4 rings (SSSR count). The quantitative estimate of drug-likeness (QED) is 0.392. The van der Waals surface area contributed by atoms with Gasteiger partial charge in [0.2, 0.25) is 5.95 Å². The second-order valence-electron chi connectivity index (χ2n) is 8.40. The summed E-state index contributed by atoms with van der Waals surface area (Å²) in [7, 11) is 3.06. The highest BCUT2D eigenvalue weighted by Gasteiger charge is 2.15. The molecule has 0 saturated heterocycles. The molecular formula is C28H30N6O4. The summed E-state index contributed by atoms with van der Waals surface area (Å²) < 4.78 is 11.0. The molecule has 5 N–H and O–H groups in total. The number of aromatic nitrogens is 2. The van der Waals surface area contributed by atoms with E-state index in [2.05, 4.69) is 21.8 Å². The van der Waals surface area contributed by atoms with E-state index in [1.54, 1.807) is 30.5 Å². The zero-order valence-corrected chi connectivity index (χ0v) is 21.4. The van der Waals surface area contributed by atoms with Gasteiger partial charge < -0.3 is 26.0 Å². The molecule has 10 nitrogen and oxygen atoms in total. The first-order chi connectivity index (χ1) is 18.4. The topological polar surface area (TPSA) is 161 Å². The number of amides is 1. The van der Waals surface area contributed by atoms with Crippen molar-refractivity contribution >= 4 is 23.5 Å². The van der Waals surface area contributed by atoms with Gasteiger partial charge >= 0.3 is 6.09 Å². The van der Waals surface area contributed by atoms with Gasteiger partial charge in [0.05, 0.1) is 32.3 Å². The molecule has 0 aliphatic heterocycles. The Morgan fingerprint density at radius 2 is 1.89 bits per heavy atom. The summed E-state index contributed by atoms with van der Waals surface area (Å²) in [6, 6.07) is 12.4. The number of nitrogens with zero attached hydrogens (tertiary/aromatic N) is 4. The molecule has 1 amide bonds. The summed E-state index contributed by atoms with van der Waals surface area (Å²) in [6.07, 6.45) is 5.43. The number of nitriles is 1. The number of carbonyl (C=O) groups is 1. The minimum atomic E-state index is -1.14. The Bertz CT molecular complexity index is 1390. The largest absolute Gasteiger partial charge is 0.493 e. The van der Waals surface area contributed by atoms with Crippen LogP contribution in [0.3, 0.4) is 0 Å². The van der Waals surface area contributed by atoms with Crippen molar-refractivity contribution in [1.82, 2.24) is 9.97 Å². The van der Waals surface area contributed by atoms with E-state index in [1.165, 1.54) is 33.5 Å². The number of ether oxygens (including phenoxy) is 2. The summed E-state index contributed by atoms with van der Waals surface area (Å²) in [5.41, 5.74) is 14.7. The van der Waals surface area contributed by atoms with Crippen molar-refractivity contribution in [2.45, 2.75) is 32.1 Å². The van der Waals surface area contributed by atoms with E-state index in [1.807, 2.05) is 18.2 Å². The number of hydrogen-bond donors (Lipinski definition) is 3. The SMILES string of the molecule is C1CC1.COc1cc(Cc2cnc(N)nc2N)cc(C#Cc2cccc(N(CCC#N)C(=O)O)c2)c1OC. The average Bonchev–Trinajstić information content (AvgIpc) is 3.79. The number of anilines is 3. The number of carboxylic acid groups (broad SMARTS) is 1. The second kappa shape index (κ2) is 13.4. The molecule has 1 saturated carbocycles. The van der Waals surface area contributed by atoms with Crippen LogP contribution >= 0.6 is 0 Å². The lowest BCUT2D eigenvalue weighted by Gasteiger charge is -2.17. The van der Waals surface area contributed by atoms with Crippen molar-refractivity contribution in [3.63, 3.8) is 0 Å². The molecule has 1 fully saturated rings. The minimum Gasteiger partial charge on any atom is -0.493 e. The van der Waals surface area contributed by atoms with Gasteiger partial charge in [-0.1, -0.05) is 37.2 Å². The van der Waals surface area contributed by atoms with Crippen molar-refractivity contribution in [3.05, 3.63) is 64.8 Å². The van der Waals surface area contributed by atoms with E-state index in [0.717, 1.165) is 10.5 Å². The third-order valence-corrected chi connectivity index (χ3v) is 5.38. The van der Waals surface area contributed by atoms with E-state index in [9.17, 15) is 9.90 Å². The number of benzene rings is 2. The third-order valence-electron chi connectivity index (χ3n) is 5.38. The molecule has 0 bridgehead atoms. The fourth-order valence-corrected chi connectivity index (χ4v) is 3.39. The molecule has 2 aromatic carbocycles. The number of rotatable bonds is 7. The zero-order chi connectivity index (χ0) is 27.5. The van der Waals surface area contributed by atoms with Crippen molar-refractivity contribution in [2.24, 2.45) is 0 Å². The molecule has 0 spiro atoms. The molecular weight excluding hydrogens is 484 g/mol. The van der Waals surface area contributed by atoms with E-state index in [4.69, 9.17) is 26.2 Å². The molecule has 1 aromatic heterocycles. The van der Waals surface area contributed by atoms with E-state index in [0.29, 0.717) is 40.3 Å². The first-order valence-electron chi connectivity index (χ1n) is 12.0. The van der Waals surface area contributed by atoms with Crippen molar-refractivity contribution < 1.29 is 19.4 Å². The number of nitrogen functional groups attached to an aromatic ring is 2. The Balaban J connectivity index is 0.00000124. The van der Waals surface area contributed by atoms with Crippen LogP contribution in [0.25, 0.3) is 0 Å². The summed E-state index contributed by atoms with van der Waals surface area (Å²) in [5.74, 6) is 7.48. The summed E-state index contributed by atoms with van der Waals surface area (Å²) >= 11 is 0. The van der Waals surface area contributed by atoms with Crippen molar-refractivity contribution in [1.29, 1.82) is 5.26 Å². The molecule has 0 atom stereocenters. The van der Waals surface area contributed by atoms with Crippen LogP contribution in [0.1, 0.15) is 47.9 Å². The number of hydrogen-bond acceptors (Lipinski definition) is 8. The van der Waals surface area contributed by atoms with Gasteiger partial charge in [0.1, 0.15) is 5.82 Å². The Labute approximate surface area is 221 Å². The highest BCUT2D eigenvalue weighted by Crippen LogP contribution is 2.33. The molecule has 196 valence electrons. The normalized spacial score (nSPS) is 11.1. The monoisotopic (exact) mass is 514 g/mol. The predicted octanol–water partition coefficient (Wildman–Crippen LogP) is 4.22. The molecule has 3 aromatic rings. The summed E-state index contributed by atoms with van der Waals surface area (Å²) in [4.78, 5) is 20.7. The Morgan fingerprint density at radius 1 is 1.13 bits per heavy atom. The fraction of sp³-hybridized carbons (Fsp3) is 0.286. The second-order valence-corrected chi connectivity index (χ2v) is 8.40. The highest BCUT2D eigenvalue weighted by atomic mass is 16.5. The Kier molecular flexibility index (Phi) is 9.72. The first-order valence-corrected chi connectivity index (χ1v) is 12.0. The van der Waals surface area contributed by atoms with Crippen molar-refractivity contribution in [3.8, 4) is 29.4 Å². The lowest BCUT2D eigenvalue weighted by Crippen LogP contribution is -2.30. The Morgan fingerprint density at radius 3 is 2.50 bits per heavy atom. The van der Waals surface area contributed by atoms with Crippen LogP contribution in [0.5, 0.6) is 11.5 Å². The first kappa shape index (κ1) is 27.6. The van der Waals surface area contributed by atoms with Crippen molar-refractivity contribution in [2.75, 3.05) is 37.1 Å². The predicted molar refractivity (Wildman–Crippen MR) is 145 cm³/mol. The van der Waals surface area contributed by atoms with Gasteiger partial charge in [-0.25, -0.2) is 9.78 Å². The molecule has 38 heavy (non-hydrogen) atoms. The van der Waals surface area contributed by atoms with Gasteiger partial charge in [0.25, 0.3) is 0 Å². The van der Waals surface area contributed by atoms with Crippen LogP contribution in [-0.2, 0) is 6.42 Å². The standard InChI is InChI=1S/C25H24N6O4.C3H6/c1-34-21-14-17(12-19-15-29-24(28)30-23(19)27)11-18(22(21)35-2)8-7-16-5-3-6-20(13-16)31(25(32)33)10-4-9-26;1-2-3-1/h3,5-6,11,13-15H,4,10,12H2,1-2H3,(H,32,33)(H4,27,28,29,30);1-3H2. The lowest BCUT2D eigenvalue weighted by molar-refractivity contribution is 0.202. The maximum atomic E-state index is 11.6. The van der Waals surface area contributed by atoms with E-state index >= 15 is 0 Å². The zero-order valence-electron chi connectivity index (χ0n) is 21.4. The number of methoxy groups -OCH3 is 2.